The highest BCUT2D eigenvalue weighted by Crippen LogP contribution is 2.35. The van der Waals surface area contributed by atoms with E-state index >= 15 is 0 Å². The fraction of sp³-hybridized carbons (Fsp3) is 0.588. The molecule has 0 saturated carbocycles. The van der Waals surface area contributed by atoms with Crippen LogP contribution in [0.25, 0.3) is 0 Å². The van der Waals surface area contributed by atoms with E-state index in [4.69, 9.17) is 9.47 Å². The number of anilines is 1. The molecule has 2 rings (SSSR count). The molecule has 0 aliphatic carbocycles. The zero-order valence-corrected chi connectivity index (χ0v) is 16.1. The summed E-state index contributed by atoms with van der Waals surface area (Å²) in [6.45, 7) is 9.45. The van der Waals surface area contributed by atoms with Crippen LogP contribution in [0.3, 0.4) is 0 Å². The SMILES string of the molecule is COc1c(Br)cc(N2CCN(C)CC2)cc1C(=O)OC(C)(C)C. The van der Waals surface area contributed by atoms with Crippen molar-refractivity contribution >= 4 is 27.6 Å². The van der Waals surface area contributed by atoms with Crippen LogP contribution in [-0.4, -0.2) is 56.8 Å². The smallest absolute Gasteiger partial charge is 0.342 e. The predicted octanol–water partition coefficient (Wildman–Crippen LogP) is 3.16. The molecule has 0 unspecified atom stereocenters. The first-order chi connectivity index (χ1) is 10.7. The molecule has 128 valence electrons. The van der Waals surface area contributed by atoms with Crippen LogP contribution in [0.2, 0.25) is 0 Å². The van der Waals surface area contributed by atoms with Crippen LogP contribution in [0.4, 0.5) is 5.69 Å². The van der Waals surface area contributed by atoms with Crippen molar-refractivity contribution in [3.63, 3.8) is 0 Å². The molecule has 23 heavy (non-hydrogen) atoms. The first-order valence-electron chi connectivity index (χ1n) is 7.75. The first kappa shape index (κ1) is 18.1. The molecule has 0 atom stereocenters. The number of halogens is 1. The molecule has 0 amide bonds. The fourth-order valence-electron chi connectivity index (χ4n) is 2.52. The second-order valence-corrected chi connectivity index (χ2v) is 7.65. The summed E-state index contributed by atoms with van der Waals surface area (Å²) in [4.78, 5) is 17.1. The lowest BCUT2D eigenvalue weighted by Gasteiger charge is -2.34. The maximum atomic E-state index is 12.5. The van der Waals surface area contributed by atoms with Gasteiger partial charge in [0.05, 0.1) is 11.6 Å². The van der Waals surface area contributed by atoms with Gasteiger partial charge in [-0.05, 0) is 55.9 Å². The van der Waals surface area contributed by atoms with E-state index in [-0.39, 0.29) is 5.97 Å². The van der Waals surface area contributed by atoms with E-state index in [0.29, 0.717) is 11.3 Å². The Balaban J connectivity index is 2.34. The molecule has 1 saturated heterocycles. The Morgan fingerprint density at radius 3 is 2.30 bits per heavy atom. The lowest BCUT2D eigenvalue weighted by molar-refractivity contribution is 0.00664. The lowest BCUT2D eigenvalue weighted by atomic mass is 10.1. The van der Waals surface area contributed by atoms with Crippen molar-refractivity contribution in [3.05, 3.63) is 22.2 Å². The number of nitrogens with zero attached hydrogens (tertiary/aromatic N) is 2. The van der Waals surface area contributed by atoms with Gasteiger partial charge in [0.15, 0.2) is 0 Å². The summed E-state index contributed by atoms with van der Waals surface area (Å²) in [5.41, 5.74) is 0.913. The van der Waals surface area contributed by atoms with Crippen LogP contribution in [0.1, 0.15) is 31.1 Å². The van der Waals surface area contributed by atoms with E-state index in [1.807, 2.05) is 32.9 Å². The van der Waals surface area contributed by atoms with Gasteiger partial charge >= 0.3 is 5.97 Å². The van der Waals surface area contributed by atoms with Crippen molar-refractivity contribution in [1.82, 2.24) is 4.90 Å². The van der Waals surface area contributed by atoms with E-state index < -0.39 is 5.60 Å². The van der Waals surface area contributed by atoms with Gasteiger partial charge in [0.1, 0.15) is 16.9 Å². The Bertz CT molecular complexity index is 576. The van der Waals surface area contributed by atoms with Crippen LogP contribution in [0.15, 0.2) is 16.6 Å². The third kappa shape index (κ3) is 4.61. The number of esters is 1. The van der Waals surface area contributed by atoms with Gasteiger partial charge in [-0.25, -0.2) is 4.79 Å². The van der Waals surface area contributed by atoms with Gasteiger partial charge in [-0.3, -0.25) is 0 Å². The maximum Gasteiger partial charge on any atom is 0.342 e. The maximum absolute atomic E-state index is 12.5. The third-order valence-corrected chi connectivity index (χ3v) is 4.31. The number of piperazine rings is 1. The minimum absolute atomic E-state index is 0.369. The van der Waals surface area contributed by atoms with Crippen LogP contribution < -0.4 is 9.64 Å². The van der Waals surface area contributed by atoms with Crippen molar-refractivity contribution < 1.29 is 14.3 Å². The third-order valence-electron chi connectivity index (χ3n) is 3.72. The van der Waals surface area contributed by atoms with Crippen molar-refractivity contribution in [2.75, 3.05) is 45.2 Å². The molecular weight excluding hydrogens is 360 g/mol. The van der Waals surface area contributed by atoms with Crippen LogP contribution >= 0.6 is 15.9 Å². The van der Waals surface area contributed by atoms with Gasteiger partial charge < -0.3 is 19.3 Å². The number of hydrogen-bond acceptors (Lipinski definition) is 5. The summed E-state index contributed by atoms with van der Waals surface area (Å²) < 4.78 is 11.7. The monoisotopic (exact) mass is 384 g/mol. The predicted molar refractivity (Wildman–Crippen MR) is 95.6 cm³/mol. The van der Waals surface area contributed by atoms with Gasteiger partial charge in [0.2, 0.25) is 0 Å². The Morgan fingerprint density at radius 1 is 1.17 bits per heavy atom. The van der Waals surface area contributed by atoms with Gasteiger partial charge in [-0.1, -0.05) is 0 Å². The standard InChI is InChI=1S/C17H25BrN2O3/c1-17(2,3)23-16(21)13-10-12(11-14(18)15(13)22-5)20-8-6-19(4)7-9-20/h10-11H,6-9H2,1-5H3. The molecule has 1 aromatic carbocycles. The van der Waals surface area contributed by atoms with E-state index in [2.05, 4.69) is 32.8 Å². The Kier molecular flexibility index (Phi) is 5.57. The molecule has 1 heterocycles. The molecule has 5 nitrogen and oxygen atoms in total. The van der Waals surface area contributed by atoms with Crippen LogP contribution in [0, 0.1) is 0 Å². The molecule has 0 N–H and O–H groups in total. The second-order valence-electron chi connectivity index (χ2n) is 6.80. The minimum atomic E-state index is -0.543. The number of methoxy groups -OCH3 is 1. The molecule has 1 aliphatic rings. The average Bonchev–Trinajstić information content (AvgIpc) is 2.45. The normalized spacial score (nSPS) is 16.3. The number of benzene rings is 1. The Hall–Kier alpha value is -1.27. The number of likely N-dealkylation sites (N-methyl/N-ethyl adjacent to an activating group) is 1. The van der Waals surface area contributed by atoms with Crippen LogP contribution in [-0.2, 0) is 4.74 Å². The molecule has 1 aliphatic heterocycles. The summed E-state index contributed by atoms with van der Waals surface area (Å²) in [6.07, 6.45) is 0. The van der Waals surface area contributed by atoms with Gasteiger partial charge in [0, 0.05) is 31.9 Å². The number of rotatable bonds is 3. The molecule has 0 spiro atoms. The molecule has 1 fully saturated rings. The highest BCUT2D eigenvalue weighted by atomic mass is 79.9. The molecule has 1 aromatic rings. The molecule has 0 radical (unpaired) electrons. The van der Waals surface area contributed by atoms with E-state index in [0.717, 1.165) is 36.3 Å². The first-order valence-corrected chi connectivity index (χ1v) is 8.55. The molecule has 0 aromatic heterocycles. The zero-order valence-electron chi connectivity index (χ0n) is 14.5. The van der Waals surface area contributed by atoms with Crippen molar-refractivity contribution in [1.29, 1.82) is 0 Å². The Morgan fingerprint density at radius 2 is 1.78 bits per heavy atom. The summed E-state index contributed by atoms with van der Waals surface area (Å²) in [6, 6.07) is 3.86. The zero-order chi connectivity index (χ0) is 17.2. The summed E-state index contributed by atoms with van der Waals surface area (Å²) in [5, 5.41) is 0. The van der Waals surface area contributed by atoms with Crippen molar-refractivity contribution in [3.8, 4) is 5.75 Å². The van der Waals surface area contributed by atoms with E-state index in [1.54, 1.807) is 7.11 Å². The highest BCUT2D eigenvalue weighted by Gasteiger charge is 2.25. The Labute approximate surface area is 146 Å². The molecule has 0 bridgehead atoms. The molecular formula is C17H25BrN2O3. The van der Waals surface area contributed by atoms with Crippen LogP contribution in [0.5, 0.6) is 5.75 Å². The quantitative estimate of drug-likeness (QED) is 0.748. The lowest BCUT2D eigenvalue weighted by Crippen LogP contribution is -2.44. The second kappa shape index (κ2) is 7.09. The fourth-order valence-corrected chi connectivity index (χ4v) is 3.13. The topological polar surface area (TPSA) is 42.0 Å². The van der Waals surface area contributed by atoms with Crippen molar-refractivity contribution in [2.45, 2.75) is 26.4 Å². The van der Waals surface area contributed by atoms with E-state index in [1.165, 1.54) is 0 Å². The number of hydrogen-bond donors (Lipinski definition) is 0. The summed E-state index contributed by atoms with van der Waals surface area (Å²) in [5.74, 6) is 0.142. The van der Waals surface area contributed by atoms with Crippen molar-refractivity contribution in [2.24, 2.45) is 0 Å². The van der Waals surface area contributed by atoms with E-state index in [9.17, 15) is 4.79 Å². The minimum Gasteiger partial charge on any atom is -0.495 e. The van der Waals surface area contributed by atoms with Gasteiger partial charge in [0.25, 0.3) is 0 Å². The average molecular weight is 385 g/mol. The number of ether oxygens (including phenoxy) is 2. The molecule has 6 heteroatoms. The summed E-state index contributed by atoms with van der Waals surface area (Å²) >= 11 is 3.51. The van der Waals surface area contributed by atoms with Gasteiger partial charge in [-0.2, -0.15) is 0 Å². The number of carbonyl (C=O) groups excluding carboxylic acids is 1. The van der Waals surface area contributed by atoms with Gasteiger partial charge in [-0.15, -0.1) is 0 Å². The largest absolute Gasteiger partial charge is 0.495 e. The number of carbonyl (C=O) groups is 1. The highest BCUT2D eigenvalue weighted by molar-refractivity contribution is 9.10. The summed E-state index contributed by atoms with van der Waals surface area (Å²) in [7, 11) is 3.68.